The quantitative estimate of drug-likeness (QED) is 0.488. The van der Waals surface area contributed by atoms with Crippen molar-refractivity contribution in [1.82, 2.24) is 0 Å². The van der Waals surface area contributed by atoms with E-state index in [2.05, 4.69) is 18.8 Å². The minimum Gasteiger partial charge on any atom is -0.388 e. The van der Waals surface area contributed by atoms with Gasteiger partial charge in [-0.3, -0.25) is 4.99 Å². The van der Waals surface area contributed by atoms with Crippen LogP contribution in [-0.4, -0.2) is 11.9 Å². The van der Waals surface area contributed by atoms with E-state index in [9.17, 15) is 0 Å². The summed E-state index contributed by atoms with van der Waals surface area (Å²) >= 11 is 0. The molecule has 2 nitrogen and oxygen atoms in total. The lowest BCUT2D eigenvalue weighted by Gasteiger charge is -2.15. The van der Waals surface area contributed by atoms with Crippen molar-refractivity contribution in [3.05, 3.63) is 0 Å². The maximum absolute atomic E-state index is 5.55. The fourth-order valence-electron chi connectivity index (χ4n) is 1.47. The van der Waals surface area contributed by atoms with Crippen LogP contribution in [-0.2, 0) is 0 Å². The first-order valence-corrected chi connectivity index (χ1v) is 4.41. The molecule has 0 aromatic carbocycles. The van der Waals surface area contributed by atoms with Crippen molar-refractivity contribution in [2.24, 2.45) is 22.6 Å². The predicted molar refractivity (Wildman–Crippen MR) is 48.6 cm³/mol. The number of hydrogen-bond acceptors (Lipinski definition) is 1. The summed E-state index contributed by atoms with van der Waals surface area (Å²) in [7, 11) is 0. The van der Waals surface area contributed by atoms with Crippen molar-refractivity contribution < 1.29 is 0 Å². The molecule has 0 bridgehead atoms. The third kappa shape index (κ3) is 2.52. The number of nitrogens with two attached hydrogens (primary N) is 1. The van der Waals surface area contributed by atoms with Gasteiger partial charge in [0.1, 0.15) is 0 Å². The highest BCUT2D eigenvalue weighted by Crippen LogP contribution is 2.37. The molecule has 1 aliphatic rings. The molecule has 1 aliphatic carbocycles. The first-order valence-electron chi connectivity index (χ1n) is 4.41. The number of rotatable bonds is 3. The van der Waals surface area contributed by atoms with Crippen LogP contribution in [0.5, 0.6) is 0 Å². The second kappa shape index (κ2) is 3.24. The van der Waals surface area contributed by atoms with Gasteiger partial charge in [0, 0.05) is 0 Å². The normalized spacial score (nSPS) is 22.4. The summed E-state index contributed by atoms with van der Waals surface area (Å²) in [5.74, 6) is 2.20. The molecule has 0 saturated heterocycles. The molecule has 0 spiro atoms. The number of aliphatic imine (C=N–C) groups is 1. The van der Waals surface area contributed by atoms with Gasteiger partial charge in [0.25, 0.3) is 0 Å². The average Bonchev–Trinajstić information content (AvgIpc) is 2.63. The van der Waals surface area contributed by atoms with E-state index in [1.165, 1.54) is 12.8 Å². The highest BCUT2D eigenvalue weighted by atomic mass is 14.9. The summed E-state index contributed by atoms with van der Waals surface area (Å²) in [6, 6.07) is 0.486. The SMILES string of the molecule is CC(N)=NC(C(C)C)C1CC1. The lowest BCUT2D eigenvalue weighted by molar-refractivity contribution is 0.449. The van der Waals surface area contributed by atoms with E-state index in [-0.39, 0.29) is 0 Å². The van der Waals surface area contributed by atoms with Crippen LogP contribution >= 0.6 is 0 Å². The Balaban J connectivity index is 2.52. The van der Waals surface area contributed by atoms with Crippen LogP contribution in [0.1, 0.15) is 33.6 Å². The average molecular weight is 154 g/mol. The first kappa shape index (κ1) is 8.57. The van der Waals surface area contributed by atoms with E-state index < -0.39 is 0 Å². The van der Waals surface area contributed by atoms with Crippen LogP contribution in [0.3, 0.4) is 0 Å². The lowest BCUT2D eigenvalue weighted by atomic mass is 10.0. The largest absolute Gasteiger partial charge is 0.388 e. The van der Waals surface area contributed by atoms with Crippen LogP contribution < -0.4 is 5.73 Å². The Morgan fingerprint density at radius 3 is 2.27 bits per heavy atom. The maximum Gasteiger partial charge on any atom is 0.0909 e. The van der Waals surface area contributed by atoms with Crippen LogP contribution in [0.4, 0.5) is 0 Å². The third-order valence-corrected chi connectivity index (χ3v) is 2.14. The summed E-state index contributed by atoms with van der Waals surface area (Å²) in [6.07, 6.45) is 2.69. The van der Waals surface area contributed by atoms with Gasteiger partial charge in [-0.2, -0.15) is 0 Å². The summed E-state index contributed by atoms with van der Waals surface area (Å²) in [5.41, 5.74) is 5.55. The topological polar surface area (TPSA) is 38.4 Å². The van der Waals surface area contributed by atoms with Gasteiger partial charge in [-0.15, -0.1) is 0 Å². The Labute approximate surface area is 68.9 Å². The molecule has 0 radical (unpaired) electrons. The van der Waals surface area contributed by atoms with Crippen molar-refractivity contribution in [3.8, 4) is 0 Å². The highest BCUT2D eigenvalue weighted by Gasteiger charge is 2.32. The zero-order valence-corrected chi connectivity index (χ0v) is 7.67. The molecule has 0 heterocycles. The van der Waals surface area contributed by atoms with Gasteiger partial charge in [0.15, 0.2) is 0 Å². The van der Waals surface area contributed by atoms with E-state index in [0.29, 0.717) is 12.0 Å². The van der Waals surface area contributed by atoms with Gasteiger partial charge >= 0.3 is 0 Å². The predicted octanol–water partition coefficient (Wildman–Crippen LogP) is 1.80. The summed E-state index contributed by atoms with van der Waals surface area (Å²) in [6.45, 7) is 6.31. The van der Waals surface area contributed by atoms with E-state index in [1.54, 1.807) is 0 Å². The number of nitrogens with zero attached hydrogens (tertiary/aromatic N) is 1. The van der Waals surface area contributed by atoms with Gasteiger partial charge in [0.2, 0.25) is 0 Å². The van der Waals surface area contributed by atoms with Gasteiger partial charge in [0.05, 0.1) is 11.9 Å². The summed E-state index contributed by atoms with van der Waals surface area (Å²) in [5, 5.41) is 0. The van der Waals surface area contributed by atoms with E-state index >= 15 is 0 Å². The second-order valence-corrected chi connectivity index (χ2v) is 3.84. The maximum atomic E-state index is 5.55. The zero-order valence-electron chi connectivity index (χ0n) is 7.67. The molecule has 2 N–H and O–H groups in total. The smallest absolute Gasteiger partial charge is 0.0909 e. The van der Waals surface area contributed by atoms with Gasteiger partial charge in [-0.05, 0) is 31.6 Å². The third-order valence-electron chi connectivity index (χ3n) is 2.14. The van der Waals surface area contributed by atoms with Crippen molar-refractivity contribution in [2.45, 2.75) is 39.7 Å². The molecule has 1 unspecified atom stereocenters. The molecule has 0 aromatic heterocycles. The zero-order chi connectivity index (χ0) is 8.43. The van der Waals surface area contributed by atoms with Crippen molar-refractivity contribution in [2.75, 3.05) is 0 Å². The Morgan fingerprint density at radius 1 is 1.45 bits per heavy atom. The van der Waals surface area contributed by atoms with Crippen LogP contribution in [0, 0.1) is 11.8 Å². The van der Waals surface area contributed by atoms with Gasteiger partial charge < -0.3 is 5.73 Å². The lowest BCUT2D eigenvalue weighted by Crippen LogP contribution is -2.20. The highest BCUT2D eigenvalue weighted by molar-refractivity contribution is 5.77. The molecule has 1 fully saturated rings. The Kier molecular flexibility index (Phi) is 2.53. The van der Waals surface area contributed by atoms with Gasteiger partial charge in [-0.1, -0.05) is 13.8 Å². The number of amidine groups is 1. The minimum atomic E-state index is 0.486. The fourth-order valence-corrected chi connectivity index (χ4v) is 1.47. The standard InChI is InChI=1S/C9H18N2/c1-6(2)9(8-4-5-8)11-7(3)10/h6,8-9H,4-5H2,1-3H3,(H2,10,11). The van der Waals surface area contributed by atoms with Crippen molar-refractivity contribution in [3.63, 3.8) is 0 Å². The molecule has 1 atom stereocenters. The van der Waals surface area contributed by atoms with Crippen LogP contribution in [0.25, 0.3) is 0 Å². The summed E-state index contributed by atoms with van der Waals surface area (Å²) in [4.78, 5) is 4.43. The van der Waals surface area contributed by atoms with Crippen LogP contribution in [0.2, 0.25) is 0 Å². The molecule has 64 valence electrons. The van der Waals surface area contributed by atoms with Crippen molar-refractivity contribution in [1.29, 1.82) is 0 Å². The van der Waals surface area contributed by atoms with Crippen molar-refractivity contribution >= 4 is 5.84 Å². The minimum absolute atomic E-state index is 0.486. The monoisotopic (exact) mass is 154 g/mol. The Morgan fingerprint density at radius 2 is 2.00 bits per heavy atom. The van der Waals surface area contributed by atoms with Crippen LogP contribution in [0.15, 0.2) is 4.99 Å². The molecule has 2 heteroatoms. The Bertz CT molecular complexity index is 151. The molecule has 0 amide bonds. The molecule has 1 rings (SSSR count). The van der Waals surface area contributed by atoms with E-state index in [0.717, 1.165) is 11.8 Å². The molecular weight excluding hydrogens is 136 g/mol. The Hall–Kier alpha value is -0.530. The molecule has 1 saturated carbocycles. The van der Waals surface area contributed by atoms with E-state index in [4.69, 9.17) is 5.73 Å². The van der Waals surface area contributed by atoms with Gasteiger partial charge in [-0.25, -0.2) is 0 Å². The summed E-state index contributed by atoms with van der Waals surface area (Å²) < 4.78 is 0. The molecule has 0 aliphatic heterocycles. The van der Waals surface area contributed by atoms with E-state index in [1.807, 2.05) is 6.92 Å². The number of hydrogen-bond donors (Lipinski definition) is 1. The molecule has 11 heavy (non-hydrogen) atoms. The fraction of sp³-hybridized carbons (Fsp3) is 0.889. The molecular formula is C9H18N2. The molecule has 0 aromatic rings. The first-order chi connectivity index (χ1) is 5.11. The second-order valence-electron chi connectivity index (χ2n) is 3.84.